The van der Waals surface area contributed by atoms with Crippen LogP contribution in [0.1, 0.15) is 25.0 Å². The Morgan fingerprint density at radius 2 is 2.31 bits per heavy atom. The molecule has 0 bridgehead atoms. The summed E-state index contributed by atoms with van der Waals surface area (Å²) in [7, 11) is 0. The number of pyridine rings is 1. The van der Waals surface area contributed by atoms with Crippen LogP contribution in [0.15, 0.2) is 12.3 Å². The molecule has 2 heterocycles. The first-order valence-corrected chi connectivity index (χ1v) is 7.62. The molecule has 4 nitrogen and oxygen atoms in total. The summed E-state index contributed by atoms with van der Waals surface area (Å²) in [6.45, 7) is 3.54. The summed E-state index contributed by atoms with van der Waals surface area (Å²) in [4.78, 5) is 4.20. The third-order valence-electron chi connectivity index (χ3n) is 1.98. The average Bonchev–Trinajstić information content (AvgIpc) is 2.17. The summed E-state index contributed by atoms with van der Waals surface area (Å²) in [5.74, 6) is 0.542. The maximum absolute atomic E-state index is 5.56. The fourth-order valence-electron chi connectivity index (χ4n) is 1.39. The van der Waals surface area contributed by atoms with Gasteiger partial charge in [0, 0.05) is 23.6 Å². The summed E-state index contributed by atoms with van der Waals surface area (Å²) in [6.07, 6.45) is 1.73. The number of nitrogens with zero attached hydrogens (tertiary/aromatic N) is 1. The molecule has 1 aliphatic rings. The van der Waals surface area contributed by atoms with Crippen LogP contribution in [-0.4, -0.2) is 11.1 Å². The molecular formula is C10H14NO3PS. The van der Waals surface area contributed by atoms with Crippen LogP contribution in [0.4, 0.5) is 0 Å². The Bertz CT molecular complexity index is 450. The highest BCUT2D eigenvalue weighted by Gasteiger charge is 2.30. The van der Waals surface area contributed by atoms with Gasteiger partial charge in [-0.1, -0.05) is 0 Å². The first kappa shape index (κ1) is 12.0. The molecule has 0 aromatic carbocycles. The zero-order valence-electron chi connectivity index (χ0n) is 9.47. The lowest BCUT2D eigenvalue weighted by Crippen LogP contribution is -2.13. The van der Waals surface area contributed by atoms with Crippen molar-refractivity contribution in [1.29, 1.82) is 0 Å². The van der Waals surface area contributed by atoms with E-state index in [0.29, 0.717) is 12.5 Å². The Hall–Kier alpha value is -0.480. The third kappa shape index (κ3) is 2.61. The van der Waals surface area contributed by atoms with Gasteiger partial charge >= 0.3 is 6.72 Å². The fraction of sp³-hybridized carbons (Fsp3) is 0.500. The summed E-state index contributed by atoms with van der Waals surface area (Å²) < 4.78 is 16.6. The Morgan fingerprint density at radius 1 is 1.56 bits per heavy atom. The van der Waals surface area contributed by atoms with Gasteiger partial charge < -0.3 is 4.52 Å². The largest absolute Gasteiger partial charge is 0.405 e. The lowest BCUT2D eigenvalue weighted by Gasteiger charge is -2.28. The average molecular weight is 259 g/mol. The zero-order chi connectivity index (χ0) is 11.8. The highest BCUT2D eigenvalue weighted by Crippen LogP contribution is 2.54. The summed E-state index contributed by atoms with van der Waals surface area (Å²) in [6, 6.07) is 1.98. The molecule has 0 radical (unpaired) electrons. The molecule has 0 fully saturated rings. The van der Waals surface area contributed by atoms with Crippen molar-refractivity contribution in [3.8, 4) is 5.88 Å². The Morgan fingerprint density at radius 3 is 3.00 bits per heavy atom. The Balaban J connectivity index is 2.24. The number of hydrogen-bond donors (Lipinski definition) is 0. The third-order valence-corrected chi connectivity index (χ3v) is 4.30. The van der Waals surface area contributed by atoms with Crippen molar-refractivity contribution >= 4 is 18.5 Å². The highest BCUT2D eigenvalue weighted by atomic mass is 32.5. The Kier molecular flexibility index (Phi) is 3.31. The molecule has 0 spiro atoms. The number of fused-ring (bicyclic) bond motifs is 1. The molecule has 1 aromatic heterocycles. The predicted molar refractivity (Wildman–Crippen MR) is 64.9 cm³/mol. The summed E-state index contributed by atoms with van der Waals surface area (Å²) in [5.41, 5.74) is 2.00. The van der Waals surface area contributed by atoms with E-state index in [1.54, 1.807) is 6.20 Å². The lowest BCUT2D eigenvalue weighted by atomic mass is 10.2. The smallest absolute Gasteiger partial charge is 0.382 e. The first-order valence-electron chi connectivity index (χ1n) is 5.06. The van der Waals surface area contributed by atoms with Crippen molar-refractivity contribution in [1.82, 2.24) is 4.98 Å². The van der Waals surface area contributed by atoms with Crippen LogP contribution in [-0.2, 0) is 27.5 Å². The minimum atomic E-state index is -2.65. The second-order valence-corrected chi connectivity index (χ2v) is 6.83. The molecule has 0 aliphatic carbocycles. The van der Waals surface area contributed by atoms with E-state index < -0.39 is 6.72 Å². The molecule has 6 heteroatoms. The van der Waals surface area contributed by atoms with Gasteiger partial charge in [0.25, 0.3) is 0 Å². The number of aryl methyl sites for hydroxylation is 1. The minimum absolute atomic E-state index is 0.0159. The zero-order valence-corrected chi connectivity index (χ0v) is 11.2. The van der Waals surface area contributed by atoms with E-state index >= 15 is 0 Å². The standard InChI is InChI=1S/C10H14NO3PS/c1-7(2)13-15(16)12-6-9-4-8(3)5-11-10(9)14-15/h4-5,7H,6H2,1-3H3. The predicted octanol–water partition coefficient (Wildman–Crippen LogP) is 2.95. The van der Waals surface area contributed by atoms with Crippen LogP contribution >= 0.6 is 6.72 Å². The van der Waals surface area contributed by atoms with Crippen molar-refractivity contribution in [3.05, 3.63) is 23.4 Å². The van der Waals surface area contributed by atoms with Crippen molar-refractivity contribution in [2.75, 3.05) is 0 Å². The van der Waals surface area contributed by atoms with Crippen molar-refractivity contribution in [3.63, 3.8) is 0 Å². The molecule has 1 aromatic rings. The molecule has 0 amide bonds. The molecule has 2 rings (SSSR count). The second kappa shape index (κ2) is 4.41. The van der Waals surface area contributed by atoms with Gasteiger partial charge in [0.05, 0.1) is 12.7 Å². The normalized spacial score (nSPS) is 24.0. The van der Waals surface area contributed by atoms with Gasteiger partial charge in [0.15, 0.2) is 0 Å². The first-order chi connectivity index (χ1) is 7.48. The van der Waals surface area contributed by atoms with E-state index in [1.807, 2.05) is 26.8 Å². The highest BCUT2D eigenvalue weighted by molar-refractivity contribution is 8.07. The van der Waals surface area contributed by atoms with Gasteiger partial charge in [-0.25, -0.2) is 4.98 Å². The fourth-order valence-corrected chi connectivity index (χ4v) is 3.63. The molecule has 1 atom stereocenters. The topological polar surface area (TPSA) is 40.6 Å². The molecule has 88 valence electrons. The number of aromatic nitrogens is 1. The van der Waals surface area contributed by atoms with E-state index in [-0.39, 0.29) is 6.10 Å². The van der Waals surface area contributed by atoms with Gasteiger partial charge in [-0.15, -0.1) is 0 Å². The van der Waals surface area contributed by atoms with Gasteiger partial charge in [-0.2, -0.15) is 0 Å². The van der Waals surface area contributed by atoms with E-state index in [0.717, 1.165) is 11.1 Å². The van der Waals surface area contributed by atoms with Crippen molar-refractivity contribution in [2.24, 2.45) is 0 Å². The van der Waals surface area contributed by atoms with Crippen molar-refractivity contribution < 1.29 is 13.6 Å². The van der Waals surface area contributed by atoms with Gasteiger partial charge in [0.2, 0.25) is 5.88 Å². The minimum Gasteiger partial charge on any atom is -0.405 e. The van der Waals surface area contributed by atoms with Gasteiger partial charge in [0.1, 0.15) is 0 Å². The van der Waals surface area contributed by atoms with Crippen LogP contribution in [0.3, 0.4) is 0 Å². The maximum Gasteiger partial charge on any atom is 0.382 e. The maximum atomic E-state index is 5.56. The molecule has 0 saturated carbocycles. The quantitative estimate of drug-likeness (QED) is 0.764. The lowest BCUT2D eigenvalue weighted by molar-refractivity contribution is 0.147. The Labute approximate surface area is 100 Å². The van der Waals surface area contributed by atoms with E-state index in [1.165, 1.54) is 0 Å². The van der Waals surface area contributed by atoms with Crippen LogP contribution in [0, 0.1) is 6.92 Å². The van der Waals surface area contributed by atoms with Crippen LogP contribution in [0.2, 0.25) is 0 Å². The molecule has 1 aliphatic heterocycles. The van der Waals surface area contributed by atoms with Gasteiger partial charge in [-0.3, -0.25) is 9.05 Å². The molecule has 1 unspecified atom stereocenters. The summed E-state index contributed by atoms with van der Waals surface area (Å²) >= 11 is 5.24. The number of rotatable bonds is 2. The number of hydrogen-bond acceptors (Lipinski definition) is 5. The van der Waals surface area contributed by atoms with E-state index in [4.69, 9.17) is 25.4 Å². The van der Waals surface area contributed by atoms with Crippen molar-refractivity contribution in [2.45, 2.75) is 33.5 Å². The van der Waals surface area contributed by atoms with Crippen LogP contribution in [0.5, 0.6) is 5.88 Å². The monoisotopic (exact) mass is 259 g/mol. The molecule has 16 heavy (non-hydrogen) atoms. The van der Waals surface area contributed by atoms with E-state index in [9.17, 15) is 0 Å². The second-order valence-electron chi connectivity index (χ2n) is 3.94. The summed E-state index contributed by atoms with van der Waals surface area (Å²) in [5, 5.41) is 0. The molecule has 0 N–H and O–H groups in total. The SMILES string of the molecule is Cc1cnc2c(c1)COP(=S)(OC(C)C)O2. The molecular weight excluding hydrogens is 245 g/mol. The van der Waals surface area contributed by atoms with Gasteiger partial charge in [-0.05, 0) is 32.4 Å². The van der Waals surface area contributed by atoms with Crippen LogP contribution in [0.25, 0.3) is 0 Å². The van der Waals surface area contributed by atoms with Crippen LogP contribution < -0.4 is 4.52 Å². The molecule has 0 saturated heterocycles. The van der Waals surface area contributed by atoms with E-state index in [2.05, 4.69) is 4.98 Å².